The van der Waals surface area contributed by atoms with Gasteiger partial charge in [-0.2, -0.15) is 0 Å². The van der Waals surface area contributed by atoms with Crippen molar-refractivity contribution in [3.05, 3.63) is 54.4 Å². The van der Waals surface area contributed by atoms with Gasteiger partial charge in [-0.25, -0.2) is 4.98 Å². The van der Waals surface area contributed by atoms with Gasteiger partial charge in [0.1, 0.15) is 16.8 Å². The van der Waals surface area contributed by atoms with Gasteiger partial charge in [-0.15, -0.1) is 0 Å². The Hall–Kier alpha value is -2.99. The lowest BCUT2D eigenvalue weighted by Crippen LogP contribution is -2.34. The number of ether oxygens (including phenoxy) is 1. The van der Waals surface area contributed by atoms with E-state index in [1.165, 1.54) is 0 Å². The van der Waals surface area contributed by atoms with Crippen LogP contribution in [0.25, 0.3) is 22.2 Å². The number of carbonyl (C=O) groups is 1. The number of β-amino-alcohol motifs (C(OH)–C–C–N with tert-alkyl or cyclic N) is 1. The molecule has 1 N–H and O–H groups in total. The molecule has 1 aliphatic rings. The third-order valence-electron chi connectivity index (χ3n) is 5.15. The van der Waals surface area contributed by atoms with Crippen molar-refractivity contribution in [2.24, 2.45) is 0 Å². The maximum absolute atomic E-state index is 12.6. The number of nitrogens with zero attached hydrogens (tertiary/aromatic N) is 3. The fraction of sp³-hybridized carbons (Fsp3) is 0.318. The summed E-state index contributed by atoms with van der Waals surface area (Å²) in [5.74, 6) is 0.574. The summed E-state index contributed by atoms with van der Waals surface area (Å²) in [5, 5.41) is 10.1. The SMILES string of the molecule is COc1ccc(-c2ccccc2)c2ncc(CC(=O)N3CCC(C)(O)C3)nc12. The quantitative estimate of drug-likeness (QED) is 0.757. The molecule has 1 atom stereocenters. The van der Waals surface area contributed by atoms with E-state index in [4.69, 9.17) is 4.74 Å². The summed E-state index contributed by atoms with van der Waals surface area (Å²) in [6.07, 6.45) is 2.40. The van der Waals surface area contributed by atoms with Crippen LogP contribution in [0.2, 0.25) is 0 Å². The second kappa shape index (κ2) is 7.20. The Morgan fingerprint density at radius 3 is 2.68 bits per heavy atom. The zero-order chi connectivity index (χ0) is 19.7. The van der Waals surface area contributed by atoms with Crippen LogP contribution in [0.3, 0.4) is 0 Å². The minimum atomic E-state index is -0.807. The Kier molecular flexibility index (Phi) is 4.73. The predicted octanol–water partition coefficient (Wildman–Crippen LogP) is 2.83. The molecule has 0 spiro atoms. The molecule has 6 heteroatoms. The molecule has 0 aliphatic carbocycles. The molecule has 0 bridgehead atoms. The Balaban J connectivity index is 1.68. The lowest BCUT2D eigenvalue weighted by Gasteiger charge is -2.19. The second-order valence-corrected chi connectivity index (χ2v) is 7.48. The minimum Gasteiger partial charge on any atom is -0.494 e. The third-order valence-corrected chi connectivity index (χ3v) is 5.15. The van der Waals surface area contributed by atoms with Gasteiger partial charge >= 0.3 is 0 Å². The van der Waals surface area contributed by atoms with Crippen molar-refractivity contribution >= 4 is 16.9 Å². The molecule has 6 nitrogen and oxygen atoms in total. The Bertz CT molecular complexity index is 1020. The fourth-order valence-electron chi connectivity index (χ4n) is 3.64. The number of hydrogen-bond acceptors (Lipinski definition) is 5. The molecule has 1 aromatic heterocycles. The van der Waals surface area contributed by atoms with E-state index in [0.717, 1.165) is 16.6 Å². The molecule has 4 rings (SSSR count). The first-order valence-corrected chi connectivity index (χ1v) is 9.35. The topological polar surface area (TPSA) is 75.5 Å². The molecule has 1 amide bonds. The van der Waals surface area contributed by atoms with Gasteiger partial charge in [-0.3, -0.25) is 9.78 Å². The summed E-state index contributed by atoms with van der Waals surface area (Å²) in [6, 6.07) is 13.8. The lowest BCUT2D eigenvalue weighted by molar-refractivity contribution is -0.130. The van der Waals surface area contributed by atoms with Crippen LogP contribution in [0.5, 0.6) is 5.75 Å². The third kappa shape index (κ3) is 3.55. The van der Waals surface area contributed by atoms with E-state index >= 15 is 0 Å². The zero-order valence-corrected chi connectivity index (χ0v) is 16.1. The van der Waals surface area contributed by atoms with Crippen LogP contribution in [-0.4, -0.2) is 51.7 Å². The first-order valence-electron chi connectivity index (χ1n) is 9.35. The van der Waals surface area contributed by atoms with E-state index in [0.29, 0.717) is 36.5 Å². The number of amides is 1. The van der Waals surface area contributed by atoms with E-state index in [9.17, 15) is 9.90 Å². The molecule has 1 unspecified atom stereocenters. The molecule has 1 aliphatic heterocycles. The highest BCUT2D eigenvalue weighted by molar-refractivity contribution is 5.95. The molecule has 28 heavy (non-hydrogen) atoms. The van der Waals surface area contributed by atoms with Gasteiger partial charge in [-0.1, -0.05) is 30.3 Å². The van der Waals surface area contributed by atoms with Crippen LogP contribution in [0.15, 0.2) is 48.7 Å². The molecule has 2 heterocycles. The van der Waals surface area contributed by atoms with Gasteiger partial charge < -0.3 is 14.7 Å². The van der Waals surface area contributed by atoms with Gasteiger partial charge in [-0.05, 0) is 31.0 Å². The first-order chi connectivity index (χ1) is 13.5. The number of rotatable bonds is 4. The second-order valence-electron chi connectivity index (χ2n) is 7.48. The van der Waals surface area contributed by atoms with E-state index in [1.54, 1.807) is 25.1 Å². The molecule has 144 valence electrons. The number of aliphatic hydroxyl groups is 1. The standard InChI is InChI=1S/C22H23N3O3/c1-22(27)10-11-25(14-22)19(26)12-16-13-23-20-17(15-6-4-3-5-7-15)8-9-18(28-2)21(20)24-16/h3-9,13,27H,10-12,14H2,1-2H3. The number of fused-ring (bicyclic) bond motifs is 1. The van der Waals surface area contributed by atoms with Crippen molar-refractivity contribution < 1.29 is 14.6 Å². The van der Waals surface area contributed by atoms with Gasteiger partial charge in [0.15, 0.2) is 0 Å². The number of likely N-dealkylation sites (tertiary alicyclic amines) is 1. The summed E-state index contributed by atoms with van der Waals surface area (Å²) in [4.78, 5) is 23.6. The first kappa shape index (κ1) is 18.4. The van der Waals surface area contributed by atoms with Gasteiger partial charge in [0.2, 0.25) is 5.91 Å². The largest absolute Gasteiger partial charge is 0.494 e. The monoisotopic (exact) mass is 377 g/mol. The highest BCUT2D eigenvalue weighted by atomic mass is 16.5. The van der Waals surface area contributed by atoms with E-state index in [2.05, 4.69) is 9.97 Å². The fourth-order valence-corrected chi connectivity index (χ4v) is 3.64. The number of methoxy groups -OCH3 is 1. The van der Waals surface area contributed by atoms with Crippen molar-refractivity contribution in [2.75, 3.05) is 20.2 Å². The summed E-state index contributed by atoms with van der Waals surface area (Å²) < 4.78 is 5.47. The number of benzene rings is 2. The highest BCUT2D eigenvalue weighted by Gasteiger charge is 2.33. The summed E-state index contributed by atoms with van der Waals surface area (Å²) >= 11 is 0. The minimum absolute atomic E-state index is 0.0513. The van der Waals surface area contributed by atoms with Crippen molar-refractivity contribution in [2.45, 2.75) is 25.4 Å². The molecular weight excluding hydrogens is 354 g/mol. The summed E-state index contributed by atoms with van der Waals surface area (Å²) in [6.45, 7) is 2.68. The molecule has 2 aromatic carbocycles. The van der Waals surface area contributed by atoms with Gasteiger partial charge in [0.25, 0.3) is 0 Å². The Morgan fingerprint density at radius 1 is 1.21 bits per heavy atom. The van der Waals surface area contributed by atoms with Crippen molar-refractivity contribution in [3.8, 4) is 16.9 Å². The van der Waals surface area contributed by atoms with Crippen LogP contribution >= 0.6 is 0 Å². The Morgan fingerprint density at radius 2 is 2.00 bits per heavy atom. The summed E-state index contributed by atoms with van der Waals surface area (Å²) in [5.41, 5.74) is 3.18. The van der Waals surface area contributed by atoms with Crippen LogP contribution in [0.4, 0.5) is 0 Å². The van der Waals surface area contributed by atoms with E-state index in [-0.39, 0.29) is 12.3 Å². The molecule has 0 radical (unpaired) electrons. The maximum Gasteiger partial charge on any atom is 0.228 e. The number of carbonyl (C=O) groups excluding carboxylic acids is 1. The average molecular weight is 377 g/mol. The van der Waals surface area contributed by atoms with Gasteiger partial charge in [0.05, 0.1) is 24.8 Å². The van der Waals surface area contributed by atoms with Crippen LogP contribution < -0.4 is 4.74 Å². The van der Waals surface area contributed by atoms with E-state index < -0.39 is 5.60 Å². The highest BCUT2D eigenvalue weighted by Crippen LogP contribution is 2.32. The molecule has 1 saturated heterocycles. The average Bonchev–Trinajstić information content (AvgIpc) is 3.07. The Labute approximate surface area is 163 Å². The molecule has 0 saturated carbocycles. The van der Waals surface area contributed by atoms with Crippen molar-refractivity contribution in [1.82, 2.24) is 14.9 Å². The molecule has 3 aromatic rings. The smallest absolute Gasteiger partial charge is 0.228 e. The van der Waals surface area contributed by atoms with Crippen LogP contribution in [0.1, 0.15) is 19.0 Å². The number of hydrogen-bond donors (Lipinski definition) is 1. The van der Waals surface area contributed by atoms with Crippen molar-refractivity contribution in [3.63, 3.8) is 0 Å². The molecular formula is C22H23N3O3. The van der Waals surface area contributed by atoms with Crippen LogP contribution in [0, 0.1) is 0 Å². The maximum atomic E-state index is 12.6. The lowest BCUT2D eigenvalue weighted by atomic mass is 10.0. The van der Waals surface area contributed by atoms with Crippen molar-refractivity contribution in [1.29, 1.82) is 0 Å². The van der Waals surface area contributed by atoms with E-state index in [1.807, 2.05) is 42.5 Å². The zero-order valence-electron chi connectivity index (χ0n) is 16.1. The normalized spacial score (nSPS) is 19.2. The molecule has 1 fully saturated rings. The predicted molar refractivity (Wildman–Crippen MR) is 107 cm³/mol. The summed E-state index contributed by atoms with van der Waals surface area (Å²) in [7, 11) is 1.60. The van der Waals surface area contributed by atoms with Gasteiger partial charge in [0, 0.05) is 24.8 Å². The van der Waals surface area contributed by atoms with Crippen LogP contribution in [-0.2, 0) is 11.2 Å². The number of aromatic nitrogens is 2.